The Kier molecular flexibility index (Phi) is 4.55. The van der Waals surface area contributed by atoms with Crippen molar-refractivity contribution in [2.45, 2.75) is 25.4 Å². The van der Waals surface area contributed by atoms with Crippen LogP contribution in [-0.4, -0.2) is 25.2 Å². The van der Waals surface area contributed by atoms with Gasteiger partial charge in [-0.25, -0.2) is 4.39 Å². The molecule has 1 heterocycles. The van der Waals surface area contributed by atoms with Crippen LogP contribution in [0.1, 0.15) is 29.6 Å². The van der Waals surface area contributed by atoms with Gasteiger partial charge in [-0.3, -0.25) is 4.79 Å². The van der Waals surface area contributed by atoms with Crippen LogP contribution in [0.4, 0.5) is 4.39 Å². The molecule has 1 saturated heterocycles. The van der Waals surface area contributed by atoms with Crippen molar-refractivity contribution in [3.8, 4) is 0 Å². The largest absolute Gasteiger partial charge is 0.378 e. The van der Waals surface area contributed by atoms with Crippen molar-refractivity contribution in [1.82, 2.24) is 5.32 Å². The molecule has 1 amide bonds. The van der Waals surface area contributed by atoms with Gasteiger partial charge < -0.3 is 10.1 Å². The Morgan fingerprint density at radius 1 is 1.56 bits per heavy atom. The summed E-state index contributed by atoms with van der Waals surface area (Å²) in [4.78, 5) is 11.8. The topological polar surface area (TPSA) is 38.3 Å². The molecule has 1 N–H and O–H groups in total. The van der Waals surface area contributed by atoms with Gasteiger partial charge in [-0.1, -0.05) is 17.7 Å². The zero-order valence-corrected chi connectivity index (χ0v) is 10.7. The number of halogens is 2. The maximum absolute atomic E-state index is 13.5. The van der Waals surface area contributed by atoms with E-state index in [1.54, 1.807) is 0 Å². The Labute approximate surface area is 110 Å². The lowest BCUT2D eigenvalue weighted by Gasteiger charge is -2.11. The highest BCUT2D eigenvalue weighted by Gasteiger charge is 2.18. The molecule has 0 saturated carbocycles. The highest BCUT2D eigenvalue weighted by molar-refractivity contribution is 6.33. The van der Waals surface area contributed by atoms with E-state index in [0.717, 1.165) is 25.9 Å². The zero-order valence-electron chi connectivity index (χ0n) is 9.92. The Balaban J connectivity index is 1.87. The van der Waals surface area contributed by atoms with Crippen LogP contribution in [0.5, 0.6) is 0 Å². The number of hydrogen-bond donors (Lipinski definition) is 1. The Morgan fingerprint density at radius 2 is 2.39 bits per heavy atom. The van der Waals surface area contributed by atoms with Crippen molar-refractivity contribution >= 4 is 17.5 Å². The lowest BCUT2D eigenvalue weighted by molar-refractivity contribution is 0.0904. The van der Waals surface area contributed by atoms with Crippen molar-refractivity contribution in [3.63, 3.8) is 0 Å². The van der Waals surface area contributed by atoms with Gasteiger partial charge in [0.2, 0.25) is 0 Å². The fourth-order valence-electron chi connectivity index (χ4n) is 2.02. The highest BCUT2D eigenvalue weighted by Crippen LogP contribution is 2.19. The number of hydrogen-bond acceptors (Lipinski definition) is 2. The van der Waals surface area contributed by atoms with E-state index in [-0.39, 0.29) is 16.7 Å². The van der Waals surface area contributed by atoms with Crippen molar-refractivity contribution in [2.24, 2.45) is 0 Å². The quantitative estimate of drug-likeness (QED) is 0.914. The smallest absolute Gasteiger partial charge is 0.255 e. The van der Waals surface area contributed by atoms with Gasteiger partial charge in [0.1, 0.15) is 5.82 Å². The van der Waals surface area contributed by atoms with Gasteiger partial charge in [0, 0.05) is 13.2 Å². The summed E-state index contributed by atoms with van der Waals surface area (Å²) >= 11 is 5.80. The maximum atomic E-state index is 13.5. The van der Waals surface area contributed by atoms with Crippen molar-refractivity contribution in [1.29, 1.82) is 0 Å². The molecule has 1 aromatic carbocycles. The van der Waals surface area contributed by atoms with E-state index in [1.807, 2.05) is 0 Å². The summed E-state index contributed by atoms with van der Waals surface area (Å²) in [5.41, 5.74) is -0.0912. The van der Waals surface area contributed by atoms with Crippen LogP contribution in [0.2, 0.25) is 5.02 Å². The molecule has 0 bridgehead atoms. The van der Waals surface area contributed by atoms with E-state index in [4.69, 9.17) is 16.3 Å². The van der Waals surface area contributed by atoms with E-state index in [9.17, 15) is 9.18 Å². The molecular weight excluding hydrogens is 257 g/mol. The molecule has 1 aliphatic heterocycles. The summed E-state index contributed by atoms with van der Waals surface area (Å²) < 4.78 is 18.9. The number of ether oxygens (including phenoxy) is 1. The van der Waals surface area contributed by atoms with Crippen LogP contribution in [-0.2, 0) is 4.74 Å². The number of rotatable bonds is 4. The molecule has 1 atom stereocenters. The molecule has 0 spiro atoms. The normalized spacial score (nSPS) is 18.9. The minimum absolute atomic E-state index is 0.0912. The first-order chi connectivity index (χ1) is 8.68. The monoisotopic (exact) mass is 271 g/mol. The first-order valence-electron chi connectivity index (χ1n) is 6.02. The number of carbonyl (C=O) groups excluding carboxylic acids is 1. The average molecular weight is 272 g/mol. The van der Waals surface area contributed by atoms with E-state index in [0.29, 0.717) is 6.54 Å². The third kappa shape index (κ3) is 3.21. The number of amides is 1. The number of carbonyl (C=O) groups is 1. The summed E-state index contributed by atoms with van der Waals surface area (Å²) in [5, 5.41) is 2.79. The summed E-state index contributed by atoms with van der Waals surface area (Å²) in [6.07, 6.45) is 3.05. The van der Waals surface area contributed by atoms with Gasteiger partial charge in [0.05, 0.1) is 16.7 Å². The predicted octanol–water partition coefficient (Wildman–Crippen LogP) is 2.78. The van der Waals surface area contributed by atoms with E-state index in [1.165, 1.54) is 18.2 Å². The van der Waals surface area contributed by atoms with Crippen molar-refractivity contribution in [2.75, 3.05) is 13.2 Å². The lowest BCUT2D eigenvalue weighted by Crippen LogP contribution is -2.28. The highest BCUT2D eigenvalue weighted by atomic mass is 35.5. The van der Waals surface area contributed by atoms with E-state index in [2.05, 4.69) is 5.32 Å². The second-order valence-electron chi connectivity index (χ2n) is 4.28. The van der Waals surface area contributed by atoms with Gasteiger partial charge in [0.15, 0.2) is 0 Å². The molecule has 1 fully saturated rings. The Bertz CT molecular complexity index is 413. The molecule has 0 radical (unpaired) electrons. The third-order valence-corrected chi connectivity index (χ3v) is 3.28. The molecule has 1 aliphatic rings. The van der Waals surface area contributed by atoms with Gasteiger partial charge in [-0.2, -0.15) is 0 Å². The number of benzene rings is 1. The molecule has 2 rings (SSSR count). The minimum atomic E-state index is -0.600. The summed E-state index contributed by atoms with van der Waals surface area (Å²) in [7, 11) is 0. The van der Waals surface area contributed by atoms with Crippen molar-refractivity contribution < 1.29 is 13.9 Å². The summed E-state index contributed by atoms with van der Waals surface area (Å²) in [6.45, 7) is 1.26. The van der Waals surface area contributed by atoms with Gasteiger partial charge in [-0.15, -0.1) is 0 Å². The van der Waals surface area contributed by atoms with Crippen LogP contribution in [0.3, 0.4) is 0 Å². The molecule has 98 valence electrons. The second kappa shape index (κ2) is 6.16. The summed E-state index contributed by atoms with van der Waals surface area (Å²) in [6, 6.07) is 4.20. The Hall–Kier alpha value is -1.13. The predicted molar refractivity (Wildman–Crippen MR) is 67.3 cm³/mol. The second-order valence-corrected chi connectivity index (χ2v) is 4.68. The van der Waals surface area contributed by atoms with Crippen LogP contribution >= 0.6 is 11.6 Å². The lowest BCUT2D eigenvalue weighted by atomic mass is 10.1. The number of nitrogens with one attached hydrogen (secondary N) is 1. The van der Waals surface area contributed by atoms with Gasteiger partial charge >= 0.3 is 0 Å². The fraction of sp³-hybridized carbons (Fsp3) is 0.462. The molecule has 5 heteroatoms. The van der Waals surface area contributed by atoms with Gasteiger partial charge in [-0.05, 0) is 31.4 Å². The zero-order chi connectivity index (χ0) is 13.0. The molecular formula is C13H15ClFNO2. The molecule has 18 heavy (non-hydrogen) atoms. The fourth-order valence-corrected chi connectivity index (χ4v) is 2.27. The molecule has 3 nitrogen and oxygen atoms in total. The van der Waals surface area contributed by atoms with Crippen LogP contribution in [0, 0.1) is 5.82 Å². The van der Waals surface area contributed by atoms with Crippen LogP contribution in [0.15, 0.2) is 18.2 Å². The SMILES string of the molecule is O=C(NCCC1CCCO1)c1c(F)cccc1Cl. The Morgan fingerprint density at radius 3 is 3.06 bits per heavy atom. The molecule has 1 aromatic rings. The first kappa shape index (κ1) is 13.3. The minimum Gasteiger partial charge on any atom is -0.378 e. The average Bonchev–Trinajstić information content (AvgIpc) is 2.82. The third-order valence-electron chi connectivity index (χ3n) is 2.97. The van der Waals surface area contributed by atoms with Crippen molar-refractivity contribution in [3.05, 3.63) is 34.6 Å². The molecule has 0 aromatic heterocycles. The van der Waals surface area contributed by atoms with Gasteiger partial charge in [0.25, 0.3) is 5.91 Å². The molecule has 0 aliphatic carbocycles. The van der Waals surface area contributed by atoms with Crippen LogP contribution < -0.4 is 5.32 Å². The first-order valence-corrected chi connectivity index (χ1v) is 6.40. The summed E-state index contributed by atoms with van der Waals surface area (Å²) in [5.74, 6) is -1.08. The molecule has 1 unspecified atom stereocenters. The van der Waals surface area contributed by atoms with E-state index < -0.39 is 11.7 Å². The standard InChI is InChI=1S/C13H15ClFNO2/c14-10-4-1-5-11(15)12(10)13(17)16-7-6-9-3-2-8-18-9/h1,4-5,9H,2-3,6-8H2,(H,16,17). The van der Waals surface area contributed by atoms with E-state index >= 15 is 0 Å². The van der Waals surface area contributed by atoms with Crippen LogP contribution in [0.25, 0.3) is 0 Å². The maximum Gasteiger partial charge on any atom is 0.255 e.